The molecule has 3 aromatic rings. The molecule has 0 fully saturated rings. The summed E-state index contributed by atoms with van der Waals surface area (Å²) in [7, 11) is -3.70. The average Bonchev–Trinajstić information content (AvgIpc) is 3.29. The average molecular weight is 489 g/mol. The summed E-state index contributed by atoms with van der Waals surface area (Å²) >= 11 is 0.916. The molecule has 0 radical (unpaired) electrons. The standard InChI is InChI=1S/C21H21FN6O3S2/c1-3-13-11-23-21(24-12-13)28-8-6-14(7-9-28)18-19(27-32-26-18)20(29)25-15-4-5-17(16(22)10-15)33(2,30)31/h4-6,10-12H,3,7-9H2,1-2H3,(H,25,29). The molecule has 4 rings (SSSR count). The zero-order chi connectivity index (χ0) is 23.6. The van der Waals surface area contributed by atoms with Gasteiger partial charge in [0.2, 0.25) is 5.95 Å². The third-order valence-corrected chi connectivity index (χ3v) is 6.85. The second kappa shape index (κ2) is 9.32. The number of benzene rings is 1. The maximum Gasteiger partial charge on any atom is 0.277 e. The van der Waals surface area contributed by atoms with E-state index in [1.54, 1.807) is 0 Å². The van der Waals surface area contributed by atoms with Crippen LogP contribution in [0.15, 0.2) is 41.6 Å². The summed E-state index contributed by atoms with van der Waals surface area (Å²) < 4.78 is 45.7. The van der Waals surface area contributed by atoms with Crippen molar-refractivity contribution in [1.29, 1.82) is 0 Å². The van der Waals surface area contributed by atoms with Crippen molar-refractivity contribution < 1.29 is 17.6 Å². The van der Waals surface area contributed by atoms with E-state index in [1.165, 1.54) is 6.07 Å². The minimum atomic E-state index is -3.70. The Balaban J connectivity index is 1.48. The van der Waals surface area contributed by atoms with E-state index in [9.17, 15) is 17.6 Å². The van der Waals surface area contributed by atoms with Crippen LogP contribution in [0, 0.1) is 5.82 Å². The minimum absolute atomic E-state index is 0.125. The number of aryl methyl sites for hydroxylation is 1. The van der Waals surface area contributed by atoms with Crippen LogP contribution in [0.3, 0.4) is 0 Å². The number of amides is 1. The smallest absolute Gasteiger partial charge is 0.277 e. The quantitative estimate of drug-likeness (QED) is 0.563. The maximum atomic E-state index is 14.1. The SMILES string of the molecule is CCc1cnc(N2CC=C(c3nsnc3C(=O)Nc3ccc(S(C)(=O)=O)c(F)c3)CC2)nc1. The normalized spacial score (nSPS) is 14.2. The van der Waals surface area contributed by atoms with E-state index in [4.69, 9.17) is 0 Å². The van der Waals surface area contributed by atoms with Crippen molar-refractivity contribution in [3.8, 4) is 0 Å². The van der Waals surface area contributed by atoms with Crippen molar-refractivity contribution in [2.45, 2.75) is 24.7 Å². The Kier molecular flexibility index (Phi) is 6.47. The van der Waals surface area contributed by atoms with Gasteiger partial charge in [-0.3, -0.25) is 4.79 Å². The molecule has 9 nitrogen and oxygen atoms in total. The first-order valence-electron chi connectivity index (χ1n) is 10.1. The van der Waals surface area contributed by atoms with Crippen LogP contribution in [0.2, 0.25) is 0 Å². The fourth-order valence-electron chi connectivity index (χ4n) is 3.38. The molecule has 0 unspecified atom stereocenters. The van der Waals surface area contributed by atoms with E-state index in [1.807, 2.05) is 30.3 Å². The van der Waals surface area contributed by atoms with Gasteiger partial charge in [0.1, 0.15) is 16.4 Å². The molecule has 3 heterocycles. The number of anilines is 2. The number of halogens is 1. The van der Waals surface area contributed by atoms with E-state index >= 15 is 0 Å². The number of carbonyl (C=O) groups excluding carboxylic acids is 1. The van der Waals surface area contributed by atoms with Crippen LogP contribution in [0.4, 0.5) is 16.0 Å². The van der Waals surface area contributed by atoms with Crippen molar-refractivity contribution in [2.75, 3.05) is 29.6 Å². The maximum absolute atomic E-state index is 14.1. The Labute approximate surface area is 194 Å². The molecule has 172 valence electrons. The second-order valence-electron chi connectivity index (χ2n) is 7.50. The van der Waals surface area contributed by atoms with Gasteiger partial charge in [-0.1, -0.05) is 13.0 Å². The lowest BCUT2D eigenvalue weighted by molar-refractivity contribution is 0.102. The van der Waals surface area contributed by atoms with Gasteiger partial charge in [0, 0.05) is 37.4 Å². The first-order valence-corrected chi connectivity index (χ1v) is 12.8. The molecule has 0 saturated heterocycles. The molecule has 0 atom stereocenters. The van der Waals surface area contributed by atoms with Crippen molar-refractivity contribution in [3.05, 3.63) is 59.4 Å². The van der Waals surface area contributed by atoms with Gasteiger partial charge in [0.05, 0.1) is 11.7 Å². The van der Waals surface area contributed by atoms with E-state index < -0.39 is 26.5 Å². The molecule has 33 heavy (non-hydrogen) atoms. The van der Waals surface area contributed by atoms with Crippen molar-refractivity contribution >= 4 is 44.7 Å². The van der Waals surface area contributed by atoms with Gasteiger partial charge in [-0.25, -0.2) is 22.8 Å². The van der Waals surface area contributed by atoms with E-state index in [0.29, 0.717) is 31.2 Å². The lowest BCUT2D eigenvalue weighted by atomic mass is 10.0. The number of rotatable bonds is 6. The third kappa shape index (κ3) is 5.06. The third-order valence-electron chi connectivity index (χ3n) is 5.19. The fourth-order valence-corrected chi connectivity index (χ4v) is 4.68. The zero-order valence-electron chi connectivity index (χ0n) is 17.9. The largest absolute Gasteiger partial charge is 0.337 e. The number of sulfone groups is 1. The number of carbonyl (C=O) groups is 1. The molecule has 1 aliphatic rings. The molecule has 1 N–H and O–H groups in total. The summed E-state index contributed by atoms with van der Waals surface area (Å²) in [5.74, 6) is -0.834. The summed E-state index contributed by atoms with van der Waals surface area (Å²) in [5.41, 5.74) is 2.69. The van der Waals surface area contributed by atoms with Crippen molar-refractivity contribution in [2.24, 2.45) is 0 Å². The van der Waals surface area contributed by atoms with Crippen LogP contribution in [-0.4, -0.2) is 52.4 Å². The van der Waals surface area contributed by atoms with Crippen molar-refractivity contribution in [1.82, 2.24) is 18.7 Å². The first kappa shape index (κ1) is 22.9. The number of nitrogens with one attached hydrogen (secondary N) is 1. The summed E-state index contributed by atoms with van der Waals surface area (Å²) in [5, 5.41) is 2.56. The molecular weight excluding hydrogens is 467 g/mol. The monoisotopic (exact) mass is 488 g/mol. The van der Waals surface area contributed by atoms with Crippen LogP contribution in [0.25, 0.3) is 5.57 Å². The number of hydrogen-bond acceptors (Lipinski definition) is 9. The predicted octanol–water partition coefficient (Wildman–Crippen LogP) is 2.98. The highest BCUT2D eigenvalue weighted by Gasteiger charge is 2.24. The molecule has 1 amide bonds. The molecule has 0 bridgehead atoms. The minimum Gasteiger partial charge on any atom is -0.337 e. The summed E-state index contributed by atoms with van der Waals surface area (Å²) in [4.78, 5) is 23.2. The van der Waals surface area contributed by atoms with Crippen LogP contribution in [0.5, 0.6) is 0 Å². The van der Waals surface area contributed by atoms with Gasteiger partial charge in [0.25, 0.3) is 5.91 Å². The van der Waals surface area contributed by atoms with E-state index in [-0.39, 0.29) is 11.4 Å². The number of aromatic nitrogens is 4. The Morgan fingerprint density at radius 3 is 2.61 bits per heavy atom. The lowest BCUT2D eigenvalue weighted by Crippen LogP contribution is -2.30. The van der Waals surface area contributed by atoms with Crippen LogP contribution in [0.1, 0.15) is 35.1 Å². The Bertz CT molecular complexity index is 1320. The summed E-state index contributed by atoms with van der Waals surface area (Å²) in [6, 6.07) is 3.42. The second-order valence-corrected chi connectivity index (χ2v) is 10.0. The van der Waals surface area contributed by atoms with Gasteiger partial charge in [-0.2, -0.15) is 8.75 Å². The molecular formula is C21H21FN6O3S2. The Morgan fingerprint density at radius 1 is 1.24 bits per heavy atom. The van der Waals surface area contributed by atoms with Gasteiger partial charge in [-0.15, -0.1) is 0 Å². The first-order chi connectivity index (χ1) is 15.8. The van der Waals surface area contributed by atoms with Gasteiger partial charge >= 0.3 is 0 Å². The molecule has 1 aliphatic heterocycles. The van der Waals surface area contributed by atoms with E-state index in [2.05, 4.69) is 24.0 Å². The highest BCUT2D eigenvalue weighted by Crippen LogP contribution is 2.27. The molecule has 12 heteroatoms. The van der Waals surface area contributed by atoms with Crippen LogP contribution >= 0.6 is 11.7 Å². The van der Waals surface area contributed by atoms with Gasteiger partial charge in [-0.05, 0) is 42.2 Å². The Hall–Kier alpha value is -3.25. The van der Waals surface area contributed by atoms with Crippen LogP contribution < -0.4 is 10.2 Å². The van der Waals surface area contributed by atoms with Crippen LogP contribution in [-0.2, 0) is 16.3 Å². The molecule has 0 saturated carbocycles. The summed E-state index contributed by atoms with van der Waals surface area (Å²) in [6.45, 7) is 3.27. The molecule has 2 aromatic heterocycles. The Morgan fingerprint density at radius 2 is 2.00 bits per heavy atom. The predicted molar refractivity (Wildman–Crippen MR) is 124 cm³/mol. The topological polar surface area (TPSA) is 118 Å². The number of hydrogen-bond donors (Lipinski definition) is 1. The lowest BCUT2D eigenvalue weighted by Gasteiger charge is -2.26. The number of nitrogens with zero attached hydrogens (tertiary/aromatic N) is 5. The van der Waals surface area contributed by atoms with E-state index in [0.717, 1.165) is 47.7 Å². The fraction of sp³-hybridized carbons (Fsp3) is 0.286. The van der Waals surface area contributed by atoms with Gasteiger partial charge < -0.3 is 10.2 Å². The van der Waals surface area contributed by atoms with Crippen molar-refractivity contribution in [3.63, 3.8) is 0 Å². The van der Waals surface area contributed by atoms with Gasteiger partial charge in [0.15, 0.2) is 15.5 Å². The molecule has 0 aliphatic carbocycles. The zero-order valence-corrected chi connectivity index (χ0v) is 19.6. The summed E-state index contributed by atoms with van der Waals surface area (Å²) in [6.07, 6.45) is 8.03. The highest BCUT2D eigenvalue weighted by atomic mass is 32.2. The highest BCUT2D eigenvalue weighted by molar-refractivity contribution is 7.90. The molecule has 0 spiro atoms. The molecule has 1 aromatic carbocycles.